The Morgan fingerprint density at radius 3 is 2.63 bits per heavy atom. The van der Waals surface area contributed by atoms with E-state index in [2.05, 4.69) is 58.9 Å². The third kappa shape index (κ3) is 6.05. The highest BCUT2D eigenvalue weighted by molar-refractivity contribution is 5.80. The fraction of sp³-hybridized carbons (Fsp3) is 0.458. The normalized spacial score (nSPS) is 16.4. The van der Waals surface area contributed by atoms with E-state index < -0.39 is 0 Å². The zero-order valence-electron chi connectivity index (χ0n) is 18.4. The Morgan fingerprint density at radius 2 is 1.90 bits per heavy atom. The number of aliphatic imine (C=N–C) groups is 1. The maximum atomic E-state index is 5.39. The second-order valence-electron chi connectivity index (χ2n) is 7.47. The molecule has 162 valence electrons. The van der Waals surface area contributed by atoms with Gasteiger partial charge < -0.3 is 25.0 Å². The summed E-state index contributed by atoms with van der Waals surface area (Å²) in [6, 6.07) is 17.1. The Hall–Kier alpha value is -2.89. The van der Waals surface area contributed by atoms with Crippen molar-refractivity contribution < 1.29 is 9.47 Å². The number of benzene rings is 2. The van der Waals surface area contributed by atoms with Gasteiger partial charge in [0.2, 0.25) is 0 Å². The molecule has 0 saturated carbocycles. The molecule has 0 radical (unpaired) electrons. The summed E-state index contributed by atoms with van der Waals surface area (Å²) < 4.78 is 10.7. The van der Waals surface area contributed by atoms with Crippen molar-refractivity contribution in [2.75, 3.05) is 45.3 Å². The Morgan fingerprint density at radius 1 is 1.10 bits per heavy atom. The van der Waals surface area contributed by atoms with Crippen molar-refractivity contribution in [2.45, 2.75) is 32.2 Å². The maximum Gasteiger partial charge on any atom is 0.191 e. The van der Waals surface area contributed by atoms with Crippen molar-refractivity contribution in [3.05, 3.63) is 54.1 Å². The Balaban J connectivity index is 1.49. The summed E-state index contributed by atoms with van der Waals surface area (Å²) in [7, 11) is 3.33. The van der Waals surface area contributed by atoms with Gasteiger partial charge in [0.15, 0.2) is 17.5 Å². The highest BCUT2D eigenvalue weighted by Gasteiger charge is 2.23. The van der Waals surface area contributed by atoms with E-state index in [0.717, 1.165) is 62.9 Å². The predicted octanol–water partition coefficient (Wildman–Crippen LogP) is 3.47. The van der Waals surface area contributed by atoms with Gasteiger partial charge in [0.25, 0.3) is 0 Å². The van der Waals surface area contributed by atoms with Crippen LogP contribution >= 0.6 is 0 Å². The van der Waals surface area contributed by atoms with Gasteiger partial charge in [-0.2, -0.15) is 0 Å². The van der Waals surface area contributed by atoms with Gasteiger partial charge in [0.05, 0.1) is 14.2 Å². The summed E-state index contributed by atoms with van der Waals surface area (Å²) in [6.45, 7) is 5.81. The molecule has 6 nitrogen and oxygen atoms in total. The van der Waals surface area contributed by atoms with Crippen molar-refractivity contribution >= 4 is 11.6 Å². The molecule has 6 heteroatoms. The molecule has 0 spiro atoms. The average molecular weight is 411 g/mol. The highest BCUT2D eigenvalue weighted by atomic mass is 16.5. The van der Waals surface area contributed by atoms with Crippen LogP contribution in [0.3, 0.4) is 0 Å². The quantitative estimate of drug-likeness (QED) is 0.377. The summed E-state index contributed by atoms with van der Waals surface area (Å²) >= 11 is 0. The second-order valence-corrected chi connectivity index (χ2v) is 7.47. The standard InChI is InChI=1S/C24H34N4O2/c1-4-25-24(27-20-14-16-28(18-20)21-10-6-5-7-11-21)26-15-8-9-19-12-13-22(29-2)23(17-19)30-3/h5-7,10-13,17,20H,4,8-9,14-16,18H2,1-3H3,(H2,25,26,27). The number of aryl methyl sites for hydroxylation is 1. The number of methoxy groups -OCH3 is 2. The largest absolute Gasteiger partial charge is 0.493 e. The van der Waals surface area contributed by atoms with Crippen molar-refractivity contribution in [3.8, 4) is 11.5 Å². The van der Waals surface area contributed by atoms with Gasteiger partial charge in [-0.25, -0.2) is 0 Å². The third-order valence-electron chi connectivity index (χ3n) is 5.34. The molecule has 1 fully saturated rings. The first-order valence-electron chi connectivity index (χ1n) is 10.8. The number of ether oxygens (including phenoxy) is 2. The Kier molecular flexibility index (Phi) is 8.24. The van der Waals surface area contributed by atoms with Gasteiger partial charge >= 0.3 is 0 Å². The van der Waals surface area contributed by atoms with E-state index in [1.54, 1.807) is 14.2 Å². The van der Waals surface area contributed by atoms with Crippen molar-refractivity contribution in [3.63, 3.8) is 0 Å². The predicted molar refractivity (Wildman–Crippen MR) is 124 cm³/mol. The number of nitrogens with one attached hydrogen (secondary N) is 2. The number of rotatable bonds is 9. The van der Waals surface area contributed by atoms with Crippen molar-refractivity contribution in [1.29, 1.82) is 0 Å². The molecule has 0 aliphatic carbocycles. The Labute approximate surface area is 180 Å². The summed E-state index contributed by atoms with van der Waals surface area (Å²) in [5.74, 6) is 2.45. The maximum absolute atomic E-state index is 5.39. The molecule has 2 aromatic rings. The molecule has 1 saturated heterocycles. The fourth-order valence-electron chi connectivity index (χ4n) is 3.77. The van der Waals surface area contributed by atoms with Crippen LogP contribution in [0.25, 0.3) is 0 Å². The van der Waals surface area contributed by atoms with Crippen LogP contribution in [0.4, 0.5) is 5.69 Å². The van der Waals surface area contributed by atoms with E-state index in [9.17, 15) is 0 Å². The first-order valence-corrected chi connectivity index (χ1v) is 10.8. The smallest absolute Gasteiger partial charge is 0.191 e. The van der Waals surface area contributed by atoms with Crippen LogP contribution in [-0.4, -0.2) is 52.4 Å². The molecule has 1 unspecified atom stereocenters. The molecule has 0 bridgehead atoms. The number of hydrogen-bond acceptors (Lipinski definition) is 4. The molecule has 1 atom stereocenters. The van der Waals surface area contributed by atoms with Gasteiger partial charge in [-0.3, -0.25) is 4.99 Å². The zero-order valence-corrected chi connectivity index (χ0v) is 18.4. The van der Waals surface area contributed by atoms with Crippen molar-refractivity contribution in [2.24, 2.45) is 4.99 Å². The first-order chi connectivity index (χ1) is 14.7. The van der Waals surface area contributed by atoms with Gasteiger partial charge in [-0.1, -0.05) is 24.3 Å². The van der Waals surface area contributed by atoms with Gasteiger partial charge in [-0.15, -0.1) is 0 Å². The van der Waals surface area contributed by atoms with Crippen molar-refractivity contribution in [1.82, 2.24) is 10.6 Å². The Bertz CT molecular complexity index is 810. The van der Waals surface area contributed by atoms with E-state index in [1.165, 1.54) is 11.3 Å². The van der Waals surface area contributed by atoms with Gasteiger partial charge in [-0.05, 0) is 56.0 Å². The van der Waals surface area contributed by atoms with E-state index in [4.69, 9.17) is 14.5 Å². The minimum absolute atomic E-state index is 0.411. The van der Waals surface area contributed by atoms with Crippen LogP contribution in [0.5, 0.6) is 11.5 Å². The van der Waals surface area contributed by atoms with E-state index >= 15 is 0 Å². The molecule has 1 heterocycles. The van der Waals surface area contributed by atoms with Crippen LogP contribution in [0.1, 0.15) is 25.3 Å². The number of guanidine groups is 1. The third-order valence-corrected chi connectivity index (χ3v) is 5.34. The molecule has 3 rings (SSSR count). The summed E-state index contributed by atoms with van der Waals surface area (Å²) in [5, 5.41) is 6.99. The van der Waals surface area contributed by atoms with E-state index in [-0.39, 0.29) is 0 Å². The molecule has 0 amide bonds. The molecule has 2 N–H and O–H groups in total. The fourth-order valence-corrected chi connectivity index (χ4v) is 3.77. The number of hydrogen-bond donors (Lipinski definition) is 2. The molecular formula is C24H34N4O2. The molecule has 0 aromatic heterocycles. The van der Waals surface area contributed by atoms with E-state index in [1.807, 2.05) is 12.1 Å². The number of anilines is 1. The van der Waals surface area contributed by atoms with Crippen LogP contribution in [0.15, 0.2) is 53.5 Å². The van der Waals surface area contributed by atoms with Crippen LogP contribution in [0, 0.1) is 0 Å². The lowest BCUT2D eigenvalue weighted by Crippen LogP contribution is -2.44. The van der Waals surface area contributed by atoms with E-state index in [0.29, 0.717) is 6.04 Å². The lowest BCUT2D eigenvalue weighted by atomic mass is 10.1. The van der Waals surface area contributed by atoms with Gasteiger partial charge in [0.1, 0.15) is 0 Å². The molecule has 1 aliphatic heterocycles. The monoisotopic (exact) mass is 410 g/mol. The molecule has 30 heavy (non-hydrogen) atoms. The summed E-state index contributed by atoms with van der Waals surface area (Å²) in [5.41, 5.74) is 2.52. The summed E-state index contributed by atoms with van der Waals surface area (Å²) in [6.07, 6.45) is 3.05. The van der Waals surface area contributed by atoms with Gasteiger partial charge in [0, 0.05) is 37.9 Å². The van der Waals surface area contributed by atoms with Crippen LogP contribution in [-0.2, 0) is 6.42 Å². The molecule has 2 aromatic carbocycles. The lowest BCUT2D eigenvalue weighted by Gasteiger charge is -2.20. The number of nitrogens with zero attached hydrogens (tertiary/aromatic N) is 2. The topological polar surface area (TPSA) is 58.1 Å². The first kappa shape index (κ1) is 21.8. The SMILES string of the molecule is CCNC(=NCCCc1ccc(OC)c(OC)c1)NC1CCN(c2ccccc2)C1. The highest BCUT2D eigenvalue weighted by Crippen LogP contribution is 2.28. The second kappa shape index (κ2) is 11.3. The minimum atomic E-state index is 0.411. The average Bonchev–Trinajstić information content (AvgIpc) is 3.25. The van der Waals surface area contributed by atoms with Crippen LogP contribution < -0.4 is 25.0 Å². The molecular weight excluding hydrogens is 376 g/mol. The lowest BCUT2D eigenvalue weighted by molar-refractivity contribution is 0.354. The summed E-state index contributed by atoms with van der Waals surface area (Å²) in [4.78, 5) is 7.21. The van der Waals surface area contributed by atoms with Crippen LogP contribution in [0.2, 0.25) is 0 Å². The minimum Gasteiger partial charge on any atom is -0.493 e. The number of para-hydroxylation sites is 1. The molecule has 1 aliphatic rings. The zero-order chi connectivity index (χ0) is 21.2.